The highest BCUT2D eigenvalue weighted by Crippen LogP contribution is 2.14. The van der Waals surface area contributed by atoms with E-state index in [-0.39, 0.29) is 18.1 Å². The van der Waals surface area contributed by atoms with Crippen molar-refractivity contribution >= 4 is 12.1 Å². The molecule has 15 heavy (non-hydrogen) atoms. The maximum atomic E-state index is 11.3. The number of rotatable bonds is 2. The van der Waals surface area contributed by atoms with Gasteiger partial charge in [-0.15, -0.1) is 0 Å². The van der Waals surface area contributed by atoms with Gasteiger partial charge in [-0.1, -0.05) is 0 Å². The Labute approximate surface area is 89.3 Å². The van der Waals surface area contributed by atoms with Crippen LogP contribution in [0.1, 0.15) is 19.8 Å². The summed E-state index contributed by atoms with van der Waals surface area (Å²) in [5.74, 6) is 0.115. The van der Waals surface area contributed by atoms with Gasteiger partial charge >= 0.3 is 6.09 Å². The average Bonchev–Trinajstić information content (AvgIpc) is 2.18. The molecule has 1 aliphatic rings. The van der Waals surface area contributed by atoms with E-state index in [1.165, 1.54) is 0 Å². The van der Waals surface area contributed by atoms with Crippen LogP contribution in [0.4, 0.5) is 4.79 Å². The Bertz CT molecular complexity index is 242. The van der Waals surface area contributed by atoms with Crippen molar-refractivity contribution in [3.05, 3.63) is 0 Å². The molecule has 0 bridgehead atoms. The lowest BCUT2D eigenvalue weighted by atomic mass is 10.1. The molecule has 1 saturated heterocycles. The number of guanidine groups is 1. The molecule has 0 aromatic carbocycles. The summed E-state index contributed by atoms with van der Waals surface area (Å²) in [4.78, 5) is 17.1. The van der Waals surface area contributed by atoms with Gasteiger partial charge in [0.2, 0.25) is 0 Å². The van der Waals surface area contributed by atoms with Gasteiger partial charge in [-0.05, 0) is 19.8 Å². The van der Waals surface area contributed by atoms with Gasteiger partial charge in [0.1, 0.15) is 0 Å². The number of amides is 1. The first-order valence-electron chi connectivity index (χ1n) is 5.14. The van der Waals surface area contributed by atoms with Crippen molar-refractivity contribution in [3.63, 3.8) is 0 Å². The summed E-state index contributed by atoms with van der Waals surface area (Å²) in [6, 6.07) is 0.140. The van der Waals surface area contributed by atoms with Gasteiger partial charge in [0.25, 0.3) is 0 Å². The topological polar surface area (TPSA) is 93.9 Å². The van der Waals surface area contributed by atoms with E-state index in [2.05, 4.69) is 4.99 Å². The van der Waals surface area contributed by atoms with Crippen molar-refractivity contribution in [2.75, 3.05) is 19.7 Å². The van der Waals surface area contributed by atoms with Crippen LogP contribution in [-0.4, -0.2) is 42.7 Å². The second kappa shape index (κ2) is 5.43. The molecule has 0 saturated carbocycles. The third-order valence-corrected chi connectivity index (χ3v) is 2.32. The summed E-state index contributed by atoms with van der Waals surface area (Å²) in [6.45, 7) is 3.51. The van der Waals surface area contributed by atoms with E-state index < -0.39 is 0 Å². The normalized spacial score (nSPS) is 17.3. The molecule has 1 aliphatic heterocycles. The fourth-order valence-electron chi connectivity index (χ4n) is 1.60. The first-order valence-corrected chi connectivity index (χ1v) is 5.14. The lowest BCUT2D eigenvalue weighted by Crippen LogP contribution is -2.40. The molecule has 0 aromatic rings. The maximum Gasteiger partial charge on any atom is 0.409 e. The fraction of sp³-hybridized carbons (Fsp3) is 0.778. The second-order valence-electron chi connectivity index (χ2n) is 3.47. The second-order valence-corrected chi connectivity index (χ2v) is 3.47. The van der Waals surface area contributed by atoms with E-state index in [1.807, 2.05) is 0 Å². The van der Waals surface area contributed by atoms with Crippen LogP contribution < -0.4 is 11.5 Å². The number of piperidine rings is 1. The predicted octanol–water partition coefficient (Wildman–Crippen LogP) is -0.119. The molecule has 0 atom stereocenters. The number of nitrogens with two attached hydrogens (primary N) is 2. The Morgan fingerprint density at radius 2 is 2.07 bits per heavy atom. The van der Waals surface area contributed by atoms with Crippen molar-refractivity contribution < 1.29 is 9.53 Å². The highest BCUT2D eigenvalue weighted by atomic mass is 16.6. The highest BCUT2D eigenvalue weighted by molar-refractivity contribution is 5.75. The molecular formula is C9H18N4O2. The third kappa shape index (κ3) is 3.65. The Balaban J connectivity index is 2.35. The number of hydrogen-bond acceptors (Lipinski definition) is 3. The van der Waals surface area contributed by atoms with Gasteiger partial charge < -0.3 is 21.1 Å². The third-order valence-electron chi connectivity index (χ3n) is 2.32. The minimum atomic E-state index is -0.249. The Morgan fingerprint density at radius 3 is 2.53 bits per heavy atom. The van der Waals surface area contributed by atoms with Crippen LogP contribution in [0.15, 0.2) is 4.99 Å². The van der Waals surface area contributed by atoms with Crippen LogP contribution in [0.25, 0.3) is 0 Å². The molecule has 1 heterocycles. The van der Waals surface area contributed by atoms with Gasteiger partial charge in [0, 0.05) is 13.1 Å². The molecule has 6 heteroatoms. The zero-order valence-corrected chi connectivity index (χ0v) is 8.98. The average molecular weight is 214 g/mol. The van der Waals surface area contributed by atoms with Crippen LogP contribution >= 0.6 is 0 Å². The smallest absolute Gasteiger partial charge is 0.409 e. The molecule has 0 radical (unpaired) electrons. The molecule has 0 aliphatic carbocycles. The Hall–Kier alpha value is -1.46. The van der Waals surface area contributed by atoms with E-state index in [0.29, 0.717) is 19.7 Å². The van der Waals surface area contributed by atoms with Crippen LogP contribution in [0, 0.1) is 0 Å². The van der Waals surface area contributed by atoms with Crippen molar-refractivity contribution in [3.8, 4) is 0 Å². The van der Waals surface area contributed by atoms with Gasteiger partial charge in [0.15, 0.2) is 5.96 Å². The summed E-state index contributed by atoms with van der Waals surface area (Å²) < 4.78 is 4.90. The van der Waals surface area contributed by atoms with Gasteiger partial charge in [-0.2, -0.15) is 0 Å². The molecule has 1 fully saturated rings. The van der Waals surface area contributed by atoms with Crippen molar-refractivity contribution in [2.45, 2.75) is 25.8 Å². The highest BCUT2D eigenvalue weighted by Gasteiger charge is 2.22. The number of nitrogens with zero attached hydrogens (tertiary/aromatic N) is 2. The fourth-order valence-corrected chi connectivity index (χ4v) is 1.60. The quantitative estimate of drug-likeness (QED) is 0.495. The molecule has 86 valence electrons. The van der Waals surface area contributed by atoms with Crippen LogP contribution in [-0.2, 0) is 4.74 Å². The Morgan fingerprint density at radius 1 is 1.47 bits per heavy atom. The van der Waals surface area contributed by atoms with E-state index >= 15 is 0 Å². The summed E-state index contributed by atoms with van der Waals surface area (Å²) in [5.41, 5.74) is 10.6. The first kappa shape index (κ1) is 11.6. The lowest BCUT2D eigenvalue weighted by molar-refractivity contribution is 0.0975. The van der Waals surface area contributed by atoms with Crippen molar-refractivity contribution in [2.24, 2.45) is 16.5 Å². The zero-order valence-electron chi connectivity index (χ0n) is 8.98. The van der Waals surface area contributed by atoms with Crippen LogP contribution in [0.5, 0.6) is 0 Å². The minimum absolute atomic E-state index is 0.115. The molecule has 1 amide bonds. The number of aliphatic imine (C=N–C) groups is 1. The summed E-state index contributed by atoms with van der Waals surface area (Å²) >= 11 is 0. The minimum Gasteiger partial charge on any atom is -0.450 e. The number of carbonyl (C=O) groups excluding carboxylic acids is 1. The number of carbonyl (C=O) groups is 1. The van der Waals surface area contributed by atoms with E-state index in [1.54, 1.807) is 11.8 Å². The van der Waals surface area contributed by atoms with Gasteiger partial charge in [-0.3, -0.25) is 4.99 Å². The number of ether oxygens (including phenoxy) is 1. The first-order chi connectivity index (χ1) is 7.13. The number of hydrogen-bond donors (Lipinski definition) is 2. The van der Waals surface area contributed by atoms with Crippen molar-refractivity contribution in [1.29, 1.82) is 0 Å². The zero-order chi connectivity index (χ0) is 11.3. The summed E-state index contributed by atoms with van der Waals surface area (Å²) in [7, 11) is 0. The van der Waals surface area contributed by atoms with Crippen molar-refractivity contribution in [1.82, 2.24) is 4.90 Å². The van der Waals surface area contributed by atoms with Crippen LogP contribution in [0.3, 0.4) is 0 Å². The molecule has 6 nitrogen and oxygen atoms in total. The molecule has 4 N–H and O–H groups in total. The van der Waals surface area contributed by atoms with Gasteiger partial charge in [0.05, 0.1) is 12.6 Å². The molecule has 1 rings (SSSR count). The SMILES string of the molecule is CCOC(=O)N1CCC(N=C(N)N)CC1. The summed E-state index contributed by atoms with van der Waals surface area (Å²) in [5, 5.41) is 0. The van der Waals surface area contributed by atoms with E-state index in [4.69, 9.17) is 16.2 Å². The molecule has 0 aromatic heterocycles. The van der Waals surface area contributed by atoms with E-state index in [0.717, 1.165) is 12.8 Å². The lowest BCUT2D eigenvalue weighted by Gasteiger charge is -2.29. The Kier molecular flexibility index (Phi) is 4.20. The van der Waals surface area contributed by atoms with Crippen LogP contribution in [0.2, 0.25) is 0 Å². The standard InChI is InChI=1S/C9H18N4O2/c1-2-15-9(14)13-5-3-7(4-6-13)12-8(10)11/h7H,2-6H2,1H3,(H4,10,11,12). The molecular weight excluding hydrogens is 196 g/mol. The number of likely N-dealkylation sites (tertiary alicyclic amines) is 1. The predicted molar refractivity (Wildman–Crippen MR) is 57.4 cm³/mol. The molecule has 0 unspecified atom stereocenters. The maximum absolute atomic E-state index is 11.3. The summed E-state index contributed by atoms with van der Waals surface area (Å²) in [6.07, 6.45) is 1.33. The van der Waals surface area contributed by atoms with Gasteiger partial charge in [-0.25, -0.2) is 4.79 Å². The molecule has 0 spiro atoms. The monoisotopic (exact) mass is 214 g/mol. The largest absolute Gasteiger partial charge is 0.450 e. The van der Waals surface area contributed by atoms with E-state index in [9.17, 15) is 4.79 Å².